The van der Waals surface area contributed by atoms with Crippen molar-refractivity contribution < 1.29 is 25.2 Å². The first kappa shape index (κ1) is 19.9. The van der Waals surface area contributed by atoms with Crippen LogP contribution in [0.25, 0.3) is 0 Å². The molecule has 0 radical (unpaired) electrons. The average molecular weight is 365 g/mol. The van der Waals surface area contributed by atoms with Gasteiger partial charge in [-0.2, -0.15) is 16.8 Å². The number of rotatable bonds is 11. The molecule has 0 aliphatic carbocycles. The highest BCUT2D eigenvalue weighted by Crippen LogP contribution is 2.14. The van der Waals surface area contributed by atoms with E-state index in [1.165, 1.54) is 0 Å². The topological polar surface area (TPSA) is 90.0 Å². The number of nitrogens with zero attached hydrogens (tertiary/aromatic N) is 1. The minimum Gasteiger partial charge on any atom is -0.371 e. The van der Waals surface area contributed by atoms with Crippen LogP contribution >= 0.6 is 0 Å². The van der Waals surface area contributed by atoms with Crippen molar-refractivity contribution in [2.45, 2.75) is 12.8 Å². The summed E-state index contributed by atoms with van der Waals surface area (Å²) < 4.78 is 53.2. The lowest BCUT2D eigenvalue weighted by atomic mass is 10.2. The second-order valence-electron chi connectivity index (χ2n) is 5.08. The zero-order valence-corrected chi connectivity index (χ0v) is 15.0. The molecule has 0 spiro atoms. The summed E-state index contributed by atoms with van der Waals surface area (Å²) in [4.78, 5) is 2.04. The molecule has 0 atom stereocenters. The zero-order chi connectivity index (χ0) is 17.3. The van der Waals surface area contributed by atoms with E-state index >= 15 is 0 Å². The van der Waals surface area contributed by atoms with Crippen LogP contribution in [0.4, 0.5) is 5.69 Å². The molecule has 0 aromatic heterocycles. The van der Waals surface area contributed by atoms with Crippen LogP contribution in [0.15, 0.2) is 30.3 Å². The van der Waals surface area contributed by atoms with Crippen molar-refractivity contribution in [3.05, 3.63) is 30.3 Å². The third kappa shape index (κ3) is 10.3. The Morgan fingerprint density at radius 1 is 0.826 bits per heavy atom. The standard InChI is InChI=1S/C14H23NO6S2/c1-22(16,17)20-12-6-10-15(14-8-4-3-5-9-14)11-7-13-21-23(2,18)19/h3-5,8-9H,6-7,10-13H2,1-2H3. The number of hydrogen-bond donors (Lipinski definition) is 0. The second kappa shape index (κ2) is 9.21. The van der Waals surface area contributed by atoms with Crippen molar-refractivity contribution in [3.63, 3.8) is 0 Å². The number of hydrogen-bond acceptors (Lipinski definition) is 7. The van der Waals surface area contributed by atoms with Gasteiger partial charge >= 0.3 is 0 Å². The molecule has 0 amide bonds. The van der Waals surface area contributed by atoms with Crippen molar-refractivity contribution in [1.82, 2.24) is 0 Å². The van der Waals surface area contributed by atoms with Gasteiger partial charge in [0.2, 0.25) is 0 Å². The van der Waals surface area contributed by atoms with Gasteiger partial charge in [0.05, 0.1) is 25.7 Å². The molecule has 0 saturated carbocycles. The smallest absolute Gasteiger partial charge is 0.264 e. The van der Waals surface area contributed by atoms with E-state index in [2.05, 4.69) is 0 Å². The van der Waals surface area contributed by atoms with Crippen LogP contribution in [0.5, 0.6) is 0 Å². The molecule has 9 heteroatoms. The summed E-state index contributed by atoms with van der Waals surface area (Å²) in [5.74, 6) is 0. The minimum atomic E-state index is -3.43. The van der Waals surface area contributed by atoms with Crippen LogP contribution in [0.3, 0.4) is 0 Å². The van der Waals surface area contributed by atoms with Gasteiger partial charge in [-0.15, -0.1) is 0 Å². The zero-order valence-electron chi connectivity index (χ0n) is 13.3. The summed E-state index contributed by atoms with van der Waals surface area (Å²) in [5.41, 5.74) is 0.978. The summed E-state index contributed by atoms with van der Waals surface area (Å²) in [6.07, 6.45) is 3.11. The van der Waals surface area contributed by atoms with Crippen molar-refractivity contribution >= 4 is 25.9 Å². The van der Waals surface area contributed by atoms with Gasteiger partial charge in [0.1, 0.15) is 0 Å². The van der Waals surface area contributed by atoms with E-state index in [1.54, 1.807) is 0 Å². The van der Waals surface area contributed by atoms with Crippen molar-refractivity contribution in [2.24, 2.45) is 0 Å². The maximum atomic E-state index is 10.9. The van der Waals surface area contributed by atoms with Gasteiger partial charge in [-0.25, -0.2) is 0 Å². The van der Waals surface area contributed by atoms with Gasteiger partial charge < -0.3 is 4.90 Å². The van der Waals surface area contributed by atoms with E-state index < -0.39 is 20.2 Å². The second-order valence-corrected chi connectivity index (χ2v) is 8.37. The Labute approximate surface area is 138 Å². The largest absolute Gasteiger partial charge is 0.371 e. The van der Waals surface area contributed by atoms with E-state index in [0.717, 1.165) is 18.2 Å². The first-order valence-electron chi connectivity index (χ1n) is 7.16. The van der Waals surface area contributed by atoms with Crippen molar-refractivity contribution in [3.8, 4) is 0 Å². The third-order valence-electron chi connectivity index (χ3n) is 2.86. The molecular weight excluding hydrogens is 342 g/mol. The van der Waals surface area contributed by atoms with E-state index in [1.807, 2.05) is 35.2 Å². The van der Waals surface area contributed by atoms with E-state index in [-0.39, 0.29) is 13.2 Å². The molecule has 23 heavy (non-hydrogen) atoms. The fourth-order valence-corrected chi connectivity index (χ4v) is 2.78. The Bertz CT molecular complexity index is 618. The Hall–Kier alpha value is -1.16. The number of para-hydroxylation sites is 1. The summed E-state index contributed by atoms with van der Waals surface area (Å²) in [6.45, 7) is 1.42. The molecule has 0 saturated heterocycles. The van der Waals surface area contributed by atoms with E-state index in [9.17, 15) is 16.8 Å². The molecule has 0 N–H and O–H groups in total. The first-order chi connectivity index (χ1) is 10.7. The number of anilines is 1. The Morgan fingerprint density at radius 2 is 1.26 bits per heavy atom. The molecule has 0 bridgehead atoms. The van der Waals surface area contributed by atoms with Crippen molar-refractivity contribution in [1.29, 1.82) is 0 Å². The van der Waals surface area contributed by atoms with Crippen LogP contribution in [0, 0.1) is 0 Å². The maximum absolute atomic E-state index is 10.9. The molecule has 0 aliphatic rings. The summed E-state index contributed by atoms with van der Waals surface area (Å²) in [6, 6.07) is 9.59. The van der Waals surface area contributed by atoms with Crippen LogP contribution in [-0.4, -0.2) is 55.7 Å². The molecule has 7 nitrogen and oxygen atoms in total. The molecule has 0 unspecified atom stereocenters. The molecule has 1 aromatic rings. The summed E-state index contributed by atoms with van der Waals surface area (Å²) in [7, 11) is -6.86. The Balaban J connectivity index is 2.50. The van der Waals surface area contributed by atoms with Crippen molar-refractivity contribution in [2.75, 3.05) is 43.7 Å². The highest BCUT2D eigenvalue weighted by atomic mass is 32.2. The highest BCUT2D eigenvalue weighted by Gasteiger charge is 2.08. The normalized spacial score (nSPS) is 12.3. The predicted octanol–water partition coefficient (Wildman–Crippen LogP) is 1.23. The minimum absolute atomic E-state index is 0.113. The lowest BCUT2D eigenvalue weighted by molar-refractivity contribution is 0.310. The fourth-order valence-electron chi connectivity index (χ4n) is 1.94. The average Bonchev–Trinajstić information content (AvgIpc) is 2.44. The van der Waals surface area contributed by atoms with Gasteiger partial charge in [-0.1, -0.05) is 18.2 Å². The van der Waals surface area contributed by atoms with E-state index in [0.29, 0.717) is 25.9 Å². The van der Waals surface area contributed by atoms with Gasteiger partial charge in [0.25, 0.3) is 20.2 Å². The molecule has 0 fully saturated rings. The Kier molecular flexibility index (Phi) is 7.97. The Morgan fingerprint density at radius 3 is 1.65 bits per heavy atom. The molecule has 0 heterocycles. The van der Waals surface area contributed by atoms with E-state index in [4.69, 9.17) is 8.37 Å². The summed E-state index contributed by atoms with van der Waals surface area (Å²) in [5, 5.41) is 0. The van der Waals surface area contributed by atoms with Crippen LogP contribution < -0.4 is 4.90 Å². The lowest BCUT2D eigenvalue weighted by Crippen LogP contribution is -2.27. The quantitative estimate of drug-likeness (QED) is 0.430. The molecule has 1 rings (SSSR count). The third-order valence-corrected chi connectivity index (χ3v) is 4.05. The van der Waals surface area contributed by atoms with Gasteiger partial charge in [0, 0.05) is 18.8 Å². The molecule has 132 valence electrons. The molecular formula is C14H23NO6S2. The number of benzene rings is 1. The van der Waals surface area contributed by atoms with Gasteiger partial charge in [0.15, 0.2) is 0 Å². The van der Waals surface area contributed by atoms with Crippen LogP contribution in [0.1, 0.15) is 12.8 Å². The van der Waals surface area contributed by atoms with Crippen LogP contribution in [0.2, 0.25) is 0 Å². The monoisotopic (exact) mass is 365 g/mol. The predicted molar refractivity (Wildman–Crippen MR) is 89.5 cm³/mol. The summed E-state index contributed by atoms with van der Waals surface area (Å²) >= 11 is 0. The maximum Gasteiger partial charge on any atom is 0.264 e. The van der Waals surface area contributed by atoms with Gasteiger partial charge in [-0.05, 0) is 25.0 Å². The lowest BCUT2D eigenvalue weighted by Gasteiger charge is -2.24. The fraction of sp³-hybridized carbons (Fsp3) is 0.571. The van der Waals surface area contributed by atoms with Crippen LogP contribution in [-0.2, 0) is 28.6 Å². The van der Waals surface area contributed by atoms with Gasteiger partial charge in [-0.3, -0.25) is 8.37 Å². The molecule has 0 aliphatic heterocycles. The first-order valence-corrected chi connectivity index (χ1v) is 10.8. The molecule has 1 aromatic carbocycles. The highest BCUT2D eigenvalue weighted by molar-refractivity contribution is 7.86. The SMILES string of the molecule is CS(=O)(=O)OCCCN(CCCOS(C)(=O)=O)c1ccccc1.